The molecule has 3 nitrogen and oxygen atoms in total. The summed E-state index contributed by atoms with van der Waals surface area (Å²) in [6, 6.07) is 4.38. The van der Waals surface area contributed by atoms with Gasteiger partial charge >= 0.3 is 0 Å². The van der Waals surface area contributed by atoms with Gasteiger partial charge < -0.3 is 11.1 Å². The molecule has 1 aromatic rings. The highest BCUT2D eigenvalue weighted by molar-refractivity contribution is 7.11. The summed E-state index contributed by atoms with van der Waals surface area (Å²) in [4.78, 5) is 14.5. The van der Waals surface area contributed by atoms with Crippen LogP contribution in [0, 0.1) is 12.3 Å². The second-order valence-electron chi connectivity index (χ2n) is 5.18. The highest BCUT2D eigenvalue weighted by Gasteiger charge is 2.26. The van der Waals surface area contributed by atoms with Crippen molar-refractivity contribution in [3.63, 3.8) is 0 Å². The van der Waals surface area contributed by atoms with Gasteiger partial charge in [-0.2, -0.15) is 0 Å². The number of carbonyl (C=O) groups is 1. The van der Waals surface area contributed by atoms with Crippen LogP contribution in [0.4, 0.5) is 0 Å². The SMILES string of the molecule is Cc1ccc(CC(C)NC(=O)C(C)(C)CN)s1. The molecule has 0 aliphatic rings. The van der Waals surface area contributed by atoms with Gasteiger partial charge in [-0.15, -0.1) is 11.3 Å². The number of carbonyl (C=O) groups excluding carboxylic acids is 1. The van der Waals surface area contributed by atoms with Gasteiger partial charge in [0.1, 0.15) is 0 Å². The minimum atomic E-state index is -0.486. The number of nitrogens with two attached hydrogens (primary N) is 1. The van der Waals surface area contributed by atoms with Crippen LogP contribution >= 0.6 is 11.3 Å². The summed E-state index contributed by atoms with van der Waals surface area (Å²) >= 11 is 1.78. The molecule has 1 atom stereocenters. The van der Waals surface area contributed by atoms with Crippen molar-refractivity contribution >= 4 is 17.2 Å². The van der Waals surface area contributed by atoms with Crippen LogP contribution in [0.3, 0.4) is 0 Å². The average Bonchev–Trinajstić information content (AvgIpc) is 2.63. The van der Waals surface area contributed by atoms with Gasteiger partial charge in [0.25, 0.3) is 0 Å². The van der Waals surface area contributed by atoms with Crippen LogP contribution in [0.15, 0.2) is 12.1 Å². The zero-order chi connectivity index (χ0) is 13.1. The number of hydrogen-bond acceptors (Lipinski definition) is 3. The van der Waals surface area contributed by atoms with Crippen molar-refractivity contribution in [3.05, 3.63) is 21.9 Å². The first-order chi connectivity index (χ1) is 7.85. The summed E-state index contributed by atoms with van der Waals surface area (Å²) < 4.78 is 0. The standard InChI is InChI=1S/C13H22N2OS/c1-9(7-11-6-5-10(2)17-11)15-12(16)13(3,4)8-14/h5-6,9H,7-8,14H2,1-4H3,(H,15,16). The number of rotatable bonds is 5. The summed E-state index contributed by atoms with van der Waals surface area (Å²) in [6.07, 6.45) is 0.880. The fourth-order valence-corrected chi connectivity index (χ4v) is 2.48. The molecule has 0 fully saturated rings. The van der Waals surface area contributed by atoms with Gasteiger partial charge in [0.15, 0.2) is 0 Å². The molecule has 0 saturated carbocycles. The van der Waals surface area contributed by atoms with Crippen molar-refractivity contribution in [3.8, 4) is 0 Å². The minimum Gasteiger partial charge on any atom is -0.353 e. The molecule has 0 aliphatic heterocycles. The molecular formula is C13H22N2OS. The molecule has 96 valence electrons. The zero-order valence-electron chi connectivity index (χ0n) is 11.0. The molecule has 3 N–H and O–H groups in total. The van der Waals surface area contributed by atoms with E-state index in [1.807, 2.05) is 20.8 Å². The van der Waals surface area contributed by atoms with Crippen LogP contribution in [0.1, 0.15) is 30.5 Å². The summed E-state index contributed by atoms with van der Waals surface area (Å²) in [7, 11) is 0. The molecule has 4 heteroatoms. The van der Waals surface area contributed by atoms with E-state index in [9.17, 15) is 4.79 Å². The maximum atomic E-state index is 11.9. The van der Waals surface area contributed by atoms with E-state index >= 15 is 0 Å². The van der Waals surface area contributed by atoms with E-state index in [0.717, 1.165) is 6.42 Å². The van der Waals surface area contributed by atoms with E-state index in [0.29, 0.717) is 6.54 Å². The Morgan fingerprint density at radius 3 is 2.65 bits per heavy atom. The van der Waals surface area contributed by atoms with Crippen molar-refractivity contribution < 1.29 is 4.79 Å². The van der Waals surface area contributed by atoms with Crippen molar-refractivity contribution in [1.29, 1.82) is 0 Å². The Balaban J connectivity index is 2.50. The Labute approximate surface area is 107 Å². The van der Waals surface area contributed by atoms with Crippen LogP contribution in [0.25, 0.3) is 0 Å². The fraction of sp³-hybridized carbons (Fsp3) is 0.615. The monoisotopic (exact) mass is 254 g/mol. The smallest absolute Gasteiger partial charge is 0.227 e. The minimum absolute atomic E-state index is 0.0285. The molecule has 0 aromatic carbocycles. The van der Waals surface area contributed by atoms with Crippen molar-refractivity contribution in [2.45, 2.75) is 40.2 Å². The summed E-state index contributed by atoms with van der Waals surface area (Å²) in [5, 5.41) is 3.02. The predicted octanol–water partition coefficient (Wildman–Crippen LogP) is 2.09. The third kappa shape index (κ3) is 4.13. The summed E-state index contributed by atoms with van der Waals surface area (Å²) in [5.74, 6) is 0.0285. The molecule has 0 spiro atoms. The molecule has 0 radical (unpaired) electrons. The lowest BCUT2D eigenvalue weighted by Crippen LogP contribution is -2.45. The first-order valence-electron chi connectivity index (χ1n) is 5.91. The molecule has 17 heavy (non-hydrogen) atoms. The Kier molecular flexibility index (Phi) is 4.71. The van der Waals surface area contributed by atoms with Crippen molar-refractivity contribution in [1.82, 2.24) is 5.32 Å². The van der Waals surface area contributed by atoms with E-state index in [1.165, 1.54) is 9.75 Å². The first-order valence-corrected chi connectivity index (χ1v) is 6.73. The van der Waals surface area contributed by atoms with Gasteiger partial charge in [0.2, 0.25) is 5.91 Å². The van der Waals surface area contributed by atoms with Crippen LogP contribution in [-0.4, -0.2) is 18.5 Å². The molecule has 0 saturated heterocycles. The van der Waals surface area contributed by atoms with Crippen LogP contribution in [0.2, 0.25) is 0 Å². The maximum Gasteiger partial charge on any atom is 0.227 e. The molecule has 1 unspecified atom stereocenters. The van der Waals surface area contributed by atoms with Gasteiger partial charge in [-0.1, -0.05) is 0 Å². The second kappa shape index (κ2) is 5.65. The Morgan fingerprint density at radius 1 is 1.53 bits per heavy atom. The van der Waals surface area contributed by atoms with Gasteiger partial charge in [-0.05, 0) is 39.8 Å². The van der Waals surface area contributed by atoms with Crippen LogP contribution < -0.4 is 11.1 Å². The molecule has 0 aliphatic carbocycles. The van der Waals surface area contributed by atoms with Gasteiger partial charge in [0.05, 0.1) is 5.41 Å². The number of amides is 1. The Bertz CT molecular complexity index is 385. The fourth-order valence-electron chi connectivity index (χ4n) is 1.46. The molecule has 1 heterocycles. The number of thiophene rings is 1. The first kappa shape index (κ1) is 14.2. The number of nitrogens with one attached hydrogen (secondary N) is 1. The van der Waals surface area contributed by atoms with Crippen molar-refractivity contribution in [2.75, 3.05) is 6.54 Å². The largest absolute Gasteiger partial charge is 0.353 e. The molecule has 0 bridgehead atoms. The highest BCUT2D eigenvalue weighted by Crippen LogP contribution is 2.18. The van der Waals surface area contributed by atoms with Gasteiger partial charge in [-0.25, -0.2) is 0 Å². The molecule has 1 amide bonds. The molecular weight excluding hydrogens is 232 g/mol. The van der Waals surface area contributed by atoms with E-state index in [1.54, 1.807) is 11.3 Å². The van der Waals surface area contributed by atoms with Crippen molar-refractivity contribution in [2.24, 2.45) is 11.1 Å². The van der Waals surface area contributed by atoms with E-state index < -0.39 is 5.41 Å². The zero-order valence-corrected chi connectivity index (χ0v) is 11.9. The summed E-state index contributed by atoms with van der Waals surface area (Å²) in [6.45, 7) is 8.22. The third-order valence-corrected chi connectivity index (χ3v) is 3.83. The number of hydrogen-bond donors (Lipinski definition) is 2. The average molecular weight is 254 g/mol. The number of aryl methyl sites for hydroxylation is 1. The third-order valence-electron chi connectivity index (χ3n) is 2.81. The Hall–Kier alpha value is -0.870. The van der Waals surface area contributed by atoms with E-state index in [2.05, 4.69) is 24.4 Å². The lowest BCUT2D eigenvalue weighted by molar-refractivity contribution is -0.129. The molecule has 1 aromatic heterocycles. The van der Waals surface area contributed by atoms with Crippen LogP contribution in [0.5, 0.6) is 0 Å². The normalized spacial score (nSPS) is 13.5. The van der Waals surface area contributed by atoms with E-state index in [4.69, 9.17) is 5.73 Å². The van der Waals surface area contributed by atoms with E-state index in [-0.39, 0.29) is 11.9 Å². The van der Waals surface area contributed by atoms with Crippen LogP contribution in [-0.2, 0) is 11.2 Å². The molecule has 1 rings (SSSR count). The topological polar surface area (TPSA) is 55.1 Å². The van der Waals surface area contributed by atoms with Gasteiger partial charge in [0, 0.05) is 28.8 Å². The summed E-state index contributed by atoms with van der Waals surface area (Å²) in [5.41, 5.74) is 5.09. The quantitative estimate of drug-likeness (QED) is 0.845. The highest BCUT2D eigenvalue weighted by atomic mass is 32.1. The predicted molar refractivity (Wildman–Crippen MR) is 73.2 cm³/mol. The van der Waals surface area contributed by atoms with Gasteiger partial charge in [-0.3, -0.25) is 4.79 Å². The lowest BCUT2D eigenvalue weighted by atomic mass is 9.92. The Morgan fingerprint density at radius 2 is 2.18 bits per heavy atom. The second-order valence-corrected chi connectivity index (χ2v) is 6.55. The lowest BCUT2D eigenvalue weighted by Gasteiger charge is -2.24. The maximum absolute atomic E-state index is 11.9.